The van der Waals surface area contributed by atoms with Crippen LogP contribution in [0.4, 0.5) is 10.6 Å². The predicted octanol–water partition coefficient (Wildman–Crippen LogP) is 2.64. The van der Waals surface area contributed by atoms with Crippen molar-refractivity contribution in [2.45, 2.75) is 6.42 Å². The van der Waals surface area contributed by atoms with E-state index in [4.69, 9.17) is 4.74 Å². The Bertz CT molecular complexity index is 819. The van der Waals surface area contributed by atoms with Crippen molar-refractivity contribution < 1.29 is 14.3 Å². The molecule has 0 aliphatic carbocycles. The highest BCUT2D eigenvalue weighted by molar-refractivity contribution is 6.06. The maximum Gasteiger partial charge on any atom is 0.415 e. The van der Waals surface area contributed by atoms with E-state index in [9.17, 15) is 9.59 Å². The molecule has 23 heavy (non-hydrogen) atoms. The van der Waals surface area contributed by atoms with Gasteiger partial charge in [0.15, 0.2) is 5.78 Å². The summed E-state index contributed by atoms with van der Waals surface area (Å²) in [6.07, 6.45) is 1.29. The predicted molar refractivity (Wildman–Crippen MR) is 85.4 cm³/mol. The number of amides is 1. The van der Waals surface area contributed by atoms with E-state index in [0.717, 1.165) is 5.56 Å². The first-order valence-electron chi connectivity index (χ1n) is 7.15. The summed E-state index contributed by atoms with van der Waals surface area (Å²) in [4.78, 5) is 29.5. The molecule has 3 rings (SSSR count). The van der Waals surface area contributed by atoms with Crippen LogP contribution in [0, 0.1) is 11.8 Å². The van der Waals surface area contributed by atoms with Gasteiger partial charge in [-0.2, -0.15) is 0 Å². The standard InChI is InChI=1S/C18H14N2O3/c1-23-18(22)20-10-9-16(21)15-11-14(12-19-17(15)20)8-7-13-5-3-2-4-6-13/h2-6,11-12H,9-10H2,1H3. The molecule has 0 spiro atoms. The number of Topliss-reactive ketones (excluding diaryl/α,β-unsaturated/α-hetero) is 1. The van der Waals surface area contributed by atoms with Crippen LogP contribution in [0.2, 0.25) is 0 Å². The Morgan fingerprint density at radius 1 is 1.22 bits per heavy atom. The van der Waals surface area contributed by atoms with Crippen LogP contribution in [0.15, 0.2) is 42.6 Å². The van der Waals surface area contributed by atoms with Crippen molar-refractivity contribution >= 4 is 17.7 Å². The smallest absolute Gasteiger partial charge is 0.415 e. The zero-order valence-corrected chi connectivity index (χ0v) is 12.6. The average molecular weight is 306 g/mol. The molecule has 2 aromatic rings. The van der Waals surface area contributed by atoms with Crippen molar-refractivity contribution in [2.75, 3.05) is 18.6 Å². The van der Waals surface area contributed by atoms with Crippen LogP contribution in [-0.4, -0.2) is 30.5 Å². The molecule has 1 aliphatic heterocycles. The number of methoxy groups -OCH3 is 1. The average Bonchev–Trinajstić information content (AvgIpc) is 2.61. The molecule has 0 unspecified atom stereocenters. The topological polar surface area (TPSA) is 59.5 Å². The van der Waals surface area contributed by atoms with E-state index in [2.05, 4.69) is 16.8 Å². The van der Waals surface area contributed by atoms with E-state index in [1.807, 2.05) is 30.3 Å². The summed E-state index contributed by atoms with van der Waals surface area (Å²) >= 11 is 0. The molecule has 0 saturated heterocycles. The maximum atomic E-state index is 12.1. The van der Waals surface area contributed by atoms with Crippen LogP contribution in [0.3, 0.4) is 0 Å². The van der Waals surface area contributed by atoms with E-state index < -0.39 is 6.09 Å². The number of carbonyl (C=O) groups excluding carboxylic acids is 2. The second kappa shape index (κ2) is 6.32. The Morgan fingerprint density at radius 3 is 2.70 bits per heavy atom. The van der Waals surface area contributed by atoms with E-state index in [0.29, 0.717) is 16.9 Å². The highest BCUT2D eigenvalue weighted by Gasteiger charge is 2.29. The molecule has 5 nitrogen and oxygen atoms in total. The van der Waals surface area contributed by atoms with Gasteiger partial charge in [0, 0.05) is 30.3 Å². The number of aromatic nitrogens is 1. The third-order valence-electron chi connectivity index (χ3n) is 3.51. The van der Waals surface area contributed by atoms with Crippen LogP contribution in [0.25, 0.3) is 0 Å². The van der Waals surface area contributed by atoms with Gasteiger partial charge >= 0.3 is 6.09 Å². The van der Waals surface area contributed by atoms with Gasteiger partial charge in [-0.15, -0.1) is 0 Å². The Balaban J connectivity index is 1.95. The monoisotopic (exact) mass is 306 g/mol. The summed E-state index contributed by atoms with van der Waals surface area (Å²) in [6.45, 7) is 0.278. The summed E-state index contributed by atoms with van der Waals surface area (Å²) in [5.74, 6) is 6.30. The molecular weight excluding hydrogens is 292 g/mol. The van der Waals surface area contributed by atoms with Crippen LogP contribution in [-0.2, 0) is 4.74 Å². The zero-order chi connectivity index (χ0) is 16.2. The first-order chi connectivity index (χ1) is 11.2. The molecule has 5 heteroatoms. The number of benzene rings is 1. The van der Waals surface area contributed by atoms with Gasteiger partial charge in [-0.05, 0) is 18.2 Å². The first-order valence-corrected chi connectivity index (χ1v) is 7.15. The second-order valence-corrected chi connectivity index (χ2v) is 5.01. The number of anilines is 1. The van der Waals surface area contributed by atoms with Crippen LogP contribution in [0.5, 0.6) is 0 Å². The summed E-state index contributed by atoms with van der Waals surface area (Å²) in [6, 6.07) is 11.2. The van der Waals surface area contributed by atoms with Crippen molar-refractivity contribution in [3.05, 3.63) is 59.3 Å². The summed E-state index contributed by atoms with van der Waals surface area (Å²) in [7, 11) is 1.30. The minimum Gasteiger partial charge on any atom is -0.452 e. The third-order valence-corrected chi connectivity index (χ3v) is 3.51. The van der Waals surface area contributed by atoms with Crippen molar-refractivity contribution in [1.82, 2.24) is 4.98 Å². The van der Waals surface area contributed by atoms with Crippen molar-refractivity contribution in [1.29, 1.82) is 0 Å². The SMILES string of the molecule is COC(=O)N1CCC(=O)c2cc(C#Cc3ccccc3)cnc21. The normalized spacial score (nSPS) is 12.9. The van der Waals surface area contributed by atoms with Gasteiger partial charge in [0.1, 0.15) is 5.82 Å². The third kappa shape index (κ3) is 3.06. The number of hydrogen-bond donors (Lipinski definition) is 0. The highest BCUT2D eigenvalue weighted by atomic mass is 16.5. The lowest BCUT2D eigenvalue weighted by atomic mass is 10.0. The number of rotatable bonds is 0. The number of fused-ring (bicyclic) bond motifs is 1. The number of ketones is 1. The van der Waals surface area contributed by atoms with Gasteiger partial charge in [0.2, 0.25) is 0 Å². The van der Waals surface area contributed by atoms with E-state index in [-0.39, 0.29) is 18.7 Å². The molecular formula is C18H14N2O3. The fraction of sp³-hybridized carbons (Fsp3) is 0.167. The van der Waals surface area contributed by atoms with Crippen LogP contribution < -0.4 is 4.90 Å². The molecule has 2 heterocycles. The lowest BCUT2D eigenvalue weighted by Crippen LogP contribution is -2.38. The van der Waals surface area contributed by atoms with E-state index >= 15 is 0 Å². The molecule has 114 valence electrons. The second-order valence-electron chi connectivity index (χ2n) is 5.01. The molecule has 1 amide bonds. The van der Waals surface area contributed by atoms with Gasteiger partial charge in [-0.3, -0.25) is 9.69 Å². The van der Waals surface area contributed by atoms with Crippen molar-refractivity contribution in [2.24, 2.45) is 0 Å². The lowest BCUT2D eigenvalue weighted by Gasteiger charge is -2.26. The Morgan fingerprint density at radius 2 is 1.96 bits per heavy atom. The minimum atomic E-state index is -0.519. The minimum absolute atomic E-state index is 0.0454. The number of pyridine rings is 1. The quantitative estimate of drug-likeness (QED) is 0.702. The van der Waals surface area contributed by atoms with E-state index in [1.54, 1.807) is 12.3 Å². The Hall–Kier alpha value is -3.13. The van der Waals surface area contributed by atoms with Gasteiger partial charge in [-0.1, -0.05) is 30.0 Å². The number of ether oxygens (including phenoxy) is 1. The molecule has 1 aromatic heterocycles. The van der Waals surface area contributed by atoms with Gasteiger partial charge in [-0.25, -0.2) is 9.78 Å². The Kier molecular flexibility index (Phi) is 4.07. The molecule has 0 atom stereocenters. The van der Waals surface area contributed by atoms with Crippen molar-refractivity contribution in [3.8, 4) is 11.8 Å². The maximum absolute atomic E-state index is 12.1. The van der Waals surface area contributed by atoms with Crippen LogP contribution >= 0.6 is 0 Å². The van der Waals surface area contributed by atoms with Gasteiger partial charge in [0.25, 0.3) is 0 Å². The number of hydrogen-bond acceptors (Lipinski definition) is 4. The largest absolute Gasteiger partial charge is 0.452 e. The fourth-order valence-corrected chi connectivity index (χ4v) is 2.35. The molecule has 0 radical (unpaired) electrons. The summed E-state index contributed by atoms with van der Waals surface area (Å²) in [5.41, 5.74) is 1.92. The summed E-state index contributed by atoms with van der Waals surface area (Å²) < 4.78 is 4.73. The molecule has 0 saturated carbocycles. The summed E-state index contributed by atoms with van der Waals surface area (Å²) in [5, 5.41) is 0. The van der Waals surface area contributed by atoms with Crippen molar-refractivity contribution in [3.63, 3.8) is 0 Å². The Labute approximate surface area is 133 Å². The zero-order valence-electron chi connectivity index (χ0n) is 12.6. The van der Waals surface area contributed by atoms with Crippen LogP contribution in [0.1, 0.15) is 27.9 Å². The highest BCUT2D eigenvalue weighted by Crippen LogP contribution is 2.25. The molecule has 1 aromatic carbocycles. The molecule has 0 fully saturated rings. The van der Waals surface area contributed by atoms with Gasteiger partial charge in [0.05, 0.1) is 12.7 Å². The number of nitrogens with zero attached hydrogens (tertiary/aromatic N) is 2. The lowest BCUT2D eigenvalue weighted by molar-refractivity contribution is 0.0978. The first kappa shape index (κ1) is 14.8. The van der Waals surface area contributed by atoms with E-state index in [1.165, 1.54) is 12.0 Å². The fourth-order valence-electron chi connectivity index (χ4n) is 2.35. The molecule has 1 aliphatic rings. The molecule has 0 bridgehead atoms. The molecule has 0 N–H and O–H groups in total. The number of carbonyl (C=O) groups is 2. The van der Waals surface area contributed by atoms with Gasteiger partial charge < -0.3 is 4.74 Å².